The van der Waals surface area contributed by atoms with E-state index in [0.29, 0.717) is 22.8 Å². The summed E-state index contributed by atoms with van der Waals surface area (Å²) in [6.07, 6.45) is 3.88. The maximum Gasteiger partial charge on any atom is 0.276 e. The summed E-state index contributed by atoms with van der Waals surface area (Å²) in [4.78, 5) is 17.6. The Bertz CT molecular complexity index is 1060. The van der Waals surface area contributed by atoms with E-state index < -0.39 is 0 Å². The van der Waals surface area contributed by atoms with E-state index in [4.69, 9.17) is 5.26 Å². The van der Waals surface area contributed by atoms with Gasteiger partial charge in [-0.15, -0.1) is 0 Å². The van der Waals surface area contributed by atoms with Crippen molar-refractivity contribution in [3.8, 4) is 17.5 Å². The molecule has 0 unspecified atom stereocenters. The van der Waals surface area contributed by atoms with E-state index in [1.807, 2.05) is 0 Å². The van der Waals surface area contributed by atoms with Crippen molar-refractivity contribution in [2.45, 2.75) is 32.2 Å². The van der Waals surface area contributed by atoms with Crippen LogP contribution in [0.3, 0.4) is 0 Å². The van der Waals surface area contributed by atoms with Gasteiger partial charge < -0.3 is 9.88 Å². The first-order chi connectivity index (χ1) is 13.7. The minimum absolute atomic E-state index is 0.297. The number of nitriles is 1. The third-order valence-corrected chi connectivity index (χ3v) is 4.93. The number of fused-ring (bicyclic) bond motifs is 1. The Morgan fingerprint density at radius 1 is 1.14 bits per heavy atom. The van der Waals surface area contributed by atoms with E-state index >= 15 is 0 Å². The van der Waals surface area contributed by atoms with Crippen molar-refractivity contribution < 1.29 is 9.18 Å². The molecular weight excluding hydrogens is 355 g/mol. The Balaban J connectivity index is 1.73. The molecule has 1 N–H and O–H groups in total. The van der Waals surface area contributed by atoms with Crippen LogP contribution in [-0.4, -0.2) is 15.5 Å². The number of imidazole rings is 1. The smallest absolute Gasteiger partial charge is 0.276 e. The van der Waals surface area contributed by atoms with E-state index in [1.165, 1.54) is 12.1 Å². The number of rotatable bonds is 3. The zero-order chi connectivity index (χ0) is 19.5. The van der Waals surface area contributed by atoms with Crippen LogP contribution in [0.1, 0.15) is 41.0 Å². The Morgan fingerprint density at radius 3 is 2.75 bits per heavy atom. The lowest BCUT2D eigenvalue weighted by molar-refractivity contribution is 0.102. The molecule has 2 heterocycles. The molecule has 6 heteroatoms. The fourth-order valence-corrected chi connectivity index (χ4v) is 3.58. The highest BCUT2D eigenvalue weighted by molar-refractivity contribution is 6.04. The maximum atomic E-state index is 13.3. The summed E-state index contributed by atoms with van der Waals surface area (Å²) in [5.74, 6) is 0.0867. The Labute approximate surface area is 162 Å². The number of nitrogens with one attached hydrogen (secondary N) is 1. The topological polar surface area (TPSA) is 70.7 Å². The van der Waals surface area contributed by atoms with Gasteiger partial charge in [-0.25, -0.2) is 9.37 Å². The molecule has 1 aliphatic rings. The second kappa shape index (κ2) is 7.65. The van der Waals surface area contributed by atoms with E-state index in [0.717, 1.165) is 43.5 Å². The number of hydrogen-bond acceptors (Lipinski definition) is 3. The van der Waals surface area contributed by atoms with Gasteiger partial charge in [0.15, 0.2) is 0 Å². The predicted octanol–water partition coefficient (Wildman–Crippen LogP) is 4.54. The fraction of sp³-hybridized carbons (Fsp3) is 0.227. The number of amides is 1. The van der Waals surface area contributed by atoms with Crippen LogP contribution in [0.5, 0.6) is 0 Å². The van der Waals surface area contributed by atoms with Crippen LogP contribution < -0.4 is 5.32 Å². The fourth-order valence-electron chi connectivity index (χ4n) is 3.58. The van der Waals surface area contributed by atoms with E-state index in [1.54, 1.807) is 36.4 Å². The summed E-state index contributed by atoms with van der Waals surface area (Å²) >= 11 is 0. The largest absolute Gasteiger partial charge is 0.327 e. The molecule has 140 valence electrons. The van der Waals surface area contributed by atoms with Gasteiger partial charge >= 0.3 is 0 Å². The minimum atomic E-state index is -0.304. The highest BCUT2D eigenvalue weighted by atomic mass is 19.1. The quantitative estimate of drug-likeness (QED) is 0.732. The number of benzene rings is 2. The molecule has 0 spiro atoms. The van der Waals surface area contributed by atoms with Crippen LogP contribution in [0.2, 0.25) is 0 Å². The van der Waals surface area contributed by atoms with Crippen molar-refractivity contribution in [1.29, 1.82) is 5.26 Å². The number of aromatic nitrogens is 2. The number of halogens is 1. The van der Waals surface area contributed by atoms with Gasteiger partial charge in [-0.1, -0.05) is 12.5 Å². The van der Waals surface area contributed by atoms with Gasteiger partial charge in [-0.05, 0) is 61.7 Å². The molecule has 3 aromatic rings. The summed E-state index contributed by atoms with van der Waals surface area (Å²) in [5.41, 5.74) is 3.13. The van der Waals surface area contributed by atoms with Crippen LogP contribution in [0.25, 0.3) is 11.4 Å². The summed E-state index contributed by atoms with van der Waals surface area (Å²) in [7, 11) is 0. The highest BCUT2D eigenvalue weighted by Gasteiger charge is 2.24. The predicted molar refractivity (Wildman–Crippen MR) is 104 cm³/mol. The van der Waals surface area contributed by atoms with Crippen LogP contribution in [0.15, 0.2) is 48.5 Å². The van der Waals surface area contributed by atoms with E-state index in [-0.39, 0.29) is 11.7 Å². The summed E-state index contributed by atoms with van der Waals surface area (Å²) in [6.45, 7) is 0.784. The standard InChI is InChI=1S/C22H19FN4O/c23-17-10-8-16(9-11-17)21-26-20(19-7-2-1-3-12-27(19)21)22(28)25-18-6-4-5-15(13-18)14-24/h4-6,8-11,13H,1-3,7,12H2,(H,25,28). The molecule has 0 radical (unpaired) electrons. The molecule has 2 aromatic carbocycles. The molecule has 1 amide bonds. The molecular formula is C22H19FN4O. The maximum absolute atomic E-state index is 13.3. The second-order valence-electron chi connectivity index (χ2n) is 6.85. The van der Waals surface area contributed by atoms with Crippen molar-refractivity contribution in [3.05, 3.63) is 71.3 Å². The number of anilines is 1. The first-order valence-corrected chi connectivity index (χ1v) is 9.32. The average Bonchev–Trinajstić information content (AvgIpc) is 2.90. The molecule has 0 saturated carbocycles. The molecule has 5 nitrogen and oxygen atoms in total. The zero-order valence-corrected chi connectivity index (χ0v) is 15.3. The highest BCUT2D eigenvalue weighted by Crippen LogP contribution is 2.28. The van der Waals surface area contributed by atoms with E-state index in [9.17, 15) is 9.18 Å². The first kappa shape index (κ1) is 17.9. The molecule has 1 aliphatic heterocycles. The number of hydrogen-bond donors (Lipinski definition) is 1. The Morgan fingerprint density at radius 2 is 1.96 bits per heavy atom. The van der Waals surface area contributed by atoms with Gasteiger partial charge in [0.05, 0.1) is 17.3 Å². The van der Waals surface area contributed by atoms with Gasteiger partial charge in [0, 0.05) is 17.8 Å². The van der Waals surface area contributed by atoms with Crippen molar-refractivity contribution in [2.75, 3.05) is 5.32 Å². The summed E-state index contributed by atoms with van der Waals surface area (Å²) in [6, 6.07) is 15.0. The van der Waals surface area contributed by atoms with Gasteiger partial charge in [0.25, 0.3) is 5.91 Å². The van der Waals surface area contributed by atoms with Gasteiger partial charge in [0.2, 0.25) is 0 Å². The summed E-state index contributed by atoms with van der Waals surface area (Å²) < 4.78 is 15.4. The molecule has 0 bridgehead atoms. The monoisotopic (exact) mass is 374 g/mol. The van der Waals surface area contributed by atoms with Crippen molar-refractivity contribution >= 4 is 11.6 Å². The molecule has 4 rings (SSSR count). The first-order valence-electron chi connectivity index (χ1n) is 9.32. The minimum Gasteiger partial charge on any atom is -0.327 e. The molecule has 0 saturated heterocycles. The molecule has 0 fully saturated rings. The third kappa shape index (κ3) is 3.52. The number of carbonyl (C=O) groups excluding carboxylic acids is 1. The number of nitrogens with zero attached hydrogens (tertiary/aromatic N) is 3. The lowest BCUT2D eigenvalue weighted by atomic mass is 10.1. The second-order valence-corrected chi connectivity index (χ2v) is 6.85. The van der Waals surface area contributed by atoms with Crippen LogP contribution in [-0.2, 0) is 13.0 Å². The van der Waals surface area contributed by atoms with Crippen LogP contribution >= 0.6 is 0 Å². The zero-order valence-electron chi connectivity index (χ0n) is 15.3. The normalized spacial score (nSPS) is 13.3. The Hall–Kier alpha value is -3.46. The van der Waals surface area contributed by atoms with Gasteiger partial charge in [-0.3, -0.25) is 4.79 Å². The van der Waals surface area contributed by atoms with Gasteiger partial charge in [-0.2, -0.15) is 5.26 Å². The van der Waals surface area contributed by atoms with Crippen molar-refractivity contribution in [2.24, 2.45) is 0 Å². The number of carbonyl (C=O) groups is 1. The lowest BCUT2D eigenvalue weighted by Gasteiger charge is -2.09. The SMILES string of the molecule is N#Cc1cccc(NC(=O)c2nc(-c3ccc(F)cc3)n3c2CCCCC3)c1. The van der Waals surface area contributed by atoms with Crippen molar-refractivity contribution in [3.63, 3.8) is 0 Å². The van der Waals surface area contributed by atoms with Crippen LogP contribution in [0.4, 0.5) is 10.1 Å². The average molecular weight is 374 g/mol. The lowest BCUT2D eigenvalue weighted by Crippen LogP contribution is -2.15. The van der Waals surface area contributed by atoms with Crippen molar-refractivity contribution in [1.82, 2.24) is 9.55 Å². The molecule has 0 aliphatic carbocycles. The molecule has 0 atom stereocenters. The third-order valence-electron chi connectivity index (χ3n) is 4.93. The molecule has 28 heavy (non-hydrogen) atoms. The van der Waals surface area contributed by atoms with E-state index in [2.05, 4.69) is 20.9 Å². The Kier molecular flexibility index (Phi) is 4.90. The van der Waals surface area contributed by atoms with Crippen LogP contribution in [0, 0.1) is 17.1 Å². The van der Waals surface area contributed by atoms with Gasteiger partial charge in [0.1, 0.15) is 17.3 Å². The summed E-state index contributed by atoms with van der Waals surface area (Å²) in [5, 5.41) is 11.9. The molecule has 1 aromatic heterocycles.